The summed E-state index contributed by atoms with van der Waals surface area (Å²) in [5.41, 5.74) is 9.02. The van der Waals surface area contributed by atoms with Crippen molar-refractivity contribution in [2.45, 2.75) is 12.5 Å². The van der Waals surface area contributed by atoms with Gasteiger partial charge in [-0.3, -0.25) is 9.59 Å². The number of para-hydroxylation sites is 4. The Morgan fingerprint density at radius 2 is 1.71 bits per heavy atom. The van der Waals surface area contributed by atoms with E-state index in [0.29, 0.717) is 34.8 Å². The molecule has 0 radical (unpaired) electrons. The van der Waals surface area contributed by atoms with Crippen molar-refractivity contribution in [1.29, 1.82) is 0 Å². The first-order valence-electron chi connectivity index (χ1n) is 8.91. The number of anilines is 3. The van der Waals surface area contributed by atoms with Crippen molar-refractivity contribution in [3.63, 3.8) is 0 Å². The van der Waals surface area contributed by atoms with E-state index < -0.39 is 6.10 Å². The van der Waals surface area contributed by atoms with Gasteiger partial charge in [0, 0.05) is 12.0 Å². The molecule has 1 atom stereocenters. The van der Waals surface area contributed by atoms with Crippen LogP contribution in [0.1, 0.15) is 15.9 Å². The first-order valence-corrected chi connectivity index (χ1v) is 8.91. The summed E-state index contributed by atoms with van der Waals surface area (Å²) in [7, 11) is 0. The van der Waals surface area contributed by atoms with E-state index in [4.69, 9.17) is 10.5 Å². The molecule has 1 unspecified atom stereocenters. The first kappa shape index (κ1) is 17.6. The fraction of sp³-hybridized carbons (Fsp3) is 0.0909. The molecule has 0 saturated carbocycles. The van der Waals surface area contributed by atoms with Crippen LogP contribution in [0.3, 0.4) is 0 Å². The molecule has 140 valence electrons. The van der Waals surface area contributed by atoms with Crippen LogP contribution in [-0.4, -0.2) is 17.9 Å². The highest BCUT2D eigenvalue weighted by Crippen LogP contribution is 2.29. The minimum absolute atomic E-state index is 0.180. The second kappa shape index (κ2) is 7.44. The van der Waals surface area contributed by atoms with Gasteiger partial charge in [0.25, 0.3) is 11.8 Å². The van der Waals surface area contributed by atoms with Gasteiger partial charge in [-0.15, -0.1) is 0 Å². The summed E-state index contributed by atoms with van der Waals surface area (Å²) < 4.78 is 5.81. The molecular weight excluding hydrogens is 354 g/mol. The molecule has 1 heterocycles. The van der Waals surface area contributed by atoms with E-state index in [1.165, 1.54) is 0 Å². The van der Waals surface area contributed by atoms with Gasteiger partial charge in [-0.25, -0.2) is 0 Å². The average molecular weight is 373 g/mol. The molecule has 1 aliphatic heterocycles. The number of nitrogen functional groups attached to an aromatic ring is 1. The van der Waals surface area contributed by atoms with Crippen LogP contribution >= 0.6 is 0 Å². The highest BCUT2D eigenvalue weighted by Gasteiger charge is 2.27. The number of benzene rings is 3. The zero-order valence-electron chi connectivity index (χ0n) is 15.0. The van der Waals surface area contributed by atoms with Crippen LogP contribution in [0.15, 0.2) is 72.8 Å². The van der Waals surface area contributed by atoms with Gasteiger partial charge in [-0.05, 0) is 42.0 Å². The third-order valence-corrected chi connectivity index (χ3v) is 4.55. The highest BCUT2D eigenvalue weighted by atomic mass is 16.5. The van der Waals surface area contributed by atoms with E-state index in [9.17, 15) is 9.59 Å². The zero-order chi connectivity index (χ0) is 19.5. The lowest BCUT2D eigenvalue weighted by molar-refractivity contribution is -0.123. The number of rotatable bonds is 4. The molecule has 2 amide bonds. The third-order valence-electron chi connectivity index (χ3n) is 4.55. The van der Waals surface area contributed by atoms with Crippen LogP contribution in [0.25, 0.3) is 0 Å². The fourth-order valence-electron chi connectivity index (χ4n) is 3.04. The molecule has 0 spiro atoms. The van der Waals surface area contributed by atoms with Crippen molar-refractivity contribution in [2.75, 3.05) is 16.4 Å². The van der Waals surface area contributed by atoms with Crippen LogP contribution in [-0.2, 0) is 11.2 Å². The summed E-state index contributed by atoms with van der Waals surface area (Å²) >= 11 is 0. The fourth-order valence-corrected chi connectivity index (χ4v) is 3.04. The van der Waals surface area contributed by atoms with Crippen molar-refractivity contribution < 1.29 is 14.3 Å². The van der Waals surface area contributed by atoms with Crippen LogP contribution in [0.5, 0.6) is 5.75 Å². The van der Waals surface area contributed by atoms with Crippen LogP contribution < -0.4 is 21.1 Å². The Bertz CT molecular complexity index is 1030. The largest absolute Gasteiger partial charge is 0.478 e. The molecule has 6 heteroatoms. The summed E-state index contributed by atoms with van der Waals surface area (Å²) in [6, 6.07) is 21.5. The number of amides is 2. The summed E-state index contributed by atoms with van der Waals surface area (Å²) in [5.74, 6) is 0.230. The lowest BCUT2D eigenvalue weighted by Gasteiger charge is -2.25. The van der Waals surface area contributed by atoms with Gasteiger partial charge in [-0.1, -0.05) is 36.4 Å². The number of carbonyl (C=O) groups is 2. The zero-order valence-corrected chi connectivity index (χ0v) is 15.0. The van der Waals surface area contributed by atoms with E-state index in [-0.39, 0.29) is 11.8 Å². The summed E-state index contributed by atoms with van der Waals surface area (Å²) in [6.45, 7) is 0. The molecule has 1 aliphatic rings. The van der Waals surface area contributed by atoms with Gasteiger partial charge < -0.3 is 21.1 Å². The molecule has 0 bridgehead atoms. The van der Waals surface area contributed by atoms with Crippen molar-refractivity contribution in [3.05, 3.63) is 83.9 Å². The summed E-state index contributed by atoms with van der Waals surface area (Å²) in [6.07, 6.45) is -0.202. The predicted octanol–water partition coefficient (Wildman–Crippen LogP) is 3.46. The smallest absolute Gasteiger partial charge is 0.265 e. The van der Waals surface area contributed by atoms with Crippen molar-refractivity contribution in [3.8, 4) is 5.75 Å². The van der Waals surface area contributed by atoms with E-state index in [1.54, 1.807) is 30.3 Å². The van der Waals surface area contributed by atoms with Gasteiger partial charge in [0.2, 0.25) is 0 Å². The maximum atomic E-state index is 12.4. The molecule has 4 rings (SSSR count). The van der Waals surface area contributed by atoms with Gasteiger partial charge in [-0.2, -0.15) is 0 Å². The second-order valence-corrected chi connectivity index (χ2v) is 6.53. The highest BCUT2D eigenvalue weighted by molar-refractivity contribution is 6.05. The standard InChI is InChI=1S/C22H19N3O3/c23-16-5-1-2-6-17(16)24-21(26)15-11-9-14(10-12-15)13-20-22(27)25-18-7-3-4-8-19(18)28-20/h1-12,20H,13,23H2,(H,24,26)(H,25,27). The predicted molar refractivity (Wildman–Crippen MR) is 108 cm³/mol. The molecule has 4 N–H and O–H groups in total. The Kier molecular flexibility index (Phi) is 4.68. The summed E-state index contributed by atoms with van der Waals surface area (Å²) in [4.78, 5) is 24.7. The molecule has 0 aliphatic carbocycles. The second-order valence-electron chi connectivity index (χ2n) is 6.53. The summed E-state index contributed by atoms with van der Waals surface area (Å²) in [5, 5.41) is 5.65. The topological polar surface area (TPSA) is 93.4 Å². The van der Waals surface area contributed by atoms with E-state index in [0.717, 1.165) is 5.56 Å². The number of hydrogen-bond donors (Lipinski definition) is 3. The maximum absolute atomic E-state index is 12.4. The monoisotopic (exact) mass is 373 g/mol. The van der Waals surface area contributed by atoms with Gasteiger partial charge in [0.05, 0.1) is 17.1 Å². The quantitative estimate of drug-likeness (QED) is 0.611. The Labute approximate surface area is 162 Å². The van der Waals surface area contributed by atoms with Crippen molar-refractivity contribution >= 4 is 28.9 Å². The first-order chi connectivity index (χ1) is 13.6. The van der Waals surface area contributed by atoms with Crippen LogP contribution in [0.2, 0.25) is 0 Å². The number of fused-ring (bicyclic) bond motifs is 1. The van der Waals surface area contributed by atoms with Gasteiger partial charge in [0.1, 0.15) is 5.75 Å². The number of nitrogens with one attached hydrogen (secondary N) is 2. The van der Waals surface area contributed by atoms with Crippen LogP contribution in [0, 0.1) is 0 Å². The van der Waals surface area contributed by atoms with E-state index in [1.807, 2.05) is 42.5 Å². The Balaban J connectivity index is 1.43. The molecule has 0 aromatic heterocycles. The van der Waals surface area contributed by atoms with E-state index in [2.05, 4.69) is 10.6 Å². The molecule has 6 nitrogen and oxygen atoms in total. The molecule has 0 fully saturated rings. The average Bonchev–Trinajstić information content (AvgIpc) is 2.71. The lowest BCUT2D eigenvalue weighted by atomic mass is 10.0. The number of ether oxygens (including phenoxy) is 1. The molecule has 3 aromatic carbocycles. The third kappa shape index (κ3) is 3.66. The van der Waals surface area contributed by atoms with Crippen LogP contribution in [0.4, 0.5) is 17.1 Å². The number of nitrogens with two attached hydrogens (primary N) is 1. The number of hydrogen-bond acceptors (Lipinski definition) is 4. The Hall–Kier alpha value is -3.80. The normalized spacial score (nSPS) is 15.1. The van der Waals surface area contributed by atoms with Gasteiger partial charge >= 0.3 is 0 Å². The Morgan fingerprint density at radius 3 is 2.50 bits per heavy atom. The van der Waals surface area contributed by atoms with Gasteiger partial charge in [0.15, 0.2) is 6.10 Å². The Morgan fingerprint density at radius 1 is 1.00 bits per heavy atom. The SMILES string of the molecule is Nc1ccccc1NC(=O)c1ccc(CC2Oc3ccccc3NC2=O)cc1. The van der Waals surface area contributed by atoms with Crippen molar-refractivity contribution in [2.24, 2.45) is 0 Å². The maximum Gasteiger partial charge on any atom is 0.265 e. The molecule has 3 aromatic rings. The molecule has 0 saturated heterocycles. The number of carbonyl (C=O) groups excluding carboxylic acids is 2. The minimum atomic E-state index is -0.612. The van der Waals surface area contributed by atoms with E-state index >= 15 is 0 Å². The minimum Gasteiger partial charge on any atom is -0.478 e. The molecule has 28 heavy (non-hydrogen) atoms. The lowest BCUT2D eigenvalue weighted by Crippen LogP contribution is -2.38. The van der Waals surface area contributed by atoms with Crippen molar-refractivity contribution in [1.82, 2.24) is 0 Å². The molecular formula is C22H19N3O3.